The average Bonchev–Trinajstić information content (AvgIpc) is 3.06. The van der Waals surface area contributed by atoms with E-state index in [1.54, 1.807) is 11.3 Å². The number of fused-ring (bicyclic) bond motifs is 1. The van der Waals surface area contributed by atoms with Gasteiger partial charge in [0.2, 0.25) is 0 Å². The van der Waals surface area contributed by atoms with Crippen LogP contribution in [0.1, 0.15) is 55.5 Å². The van der Waals surface area contributed by atoms with Gasteiger partial charge in [-0.15, -0.1) is 11.3 Å². The Bertz CT molecular complexity index is 635. The molecule has 3 rings (SSSR count). The average molecular weight is 315 g/mol. The summed E-state index contributed by atoms with van der Waals surface area (Å²) in [6.45, 7) is 4.45. The van der Waals surface area contributed by atoms with Gasteiger partial charge in [0.15, 0.2) is 0 Å². The predicted octanol–water partition coefficient (Wildman–Crippen LogP) is 5.46. The Labute approximate surface area is 137 Å². The number of aryl methyl sites for hydroxylation is 1. The van der Waals surface area contributed by atoms with Crippen molar-refractivity contribution in [1.82, 2.24) is 0 Å². The molecule has 1 heterocycles. The van der Waals surface area contributed by atoms with Gasteiger partial charge >= 0.3 is 0 Å². The van der Waals surface area contributed by atoms with Crippen LogP contribution in [0.15, 0.2) is 29.6 Å². The number of hydrogen-bond donors (Lipinski definition) is 2. The maximum atomic E-state index is 10.7. The molecular formula is C19H25NOS. The lowest BCUT2D eigenvalue weighted by Crippen LogP contribution is -2.31. The highest BCUT2D eigenvalue weighted by atomic mass is 32.1. The van der Waals surface area contributed by atoms with Crippen LogP contribution in [0.2, 0.25) is 0 Å². The minimum Gasteiger partial charge on any atom is -0.505 e. The van der Waals surface area contributed by atoms with E-state index in [2.05, 4.69) is 48.8 Å². The van der Waals surface area contributed by atoms with E-state index in [-0.39, 0.29) is 5.54 Å². The number of hydrogen-bond acceptors (Lipinski definition) is 3. The molecule has 0 saturated heterocycles. The van der Waals surface area contributed by atoms with E-state index in [4.69, 9.17) is 0 Å². The molecule has 1 unspecified atom stereocenters. The molecule has 2 aromatic rings. The minimum absolute atomic E-state index is 0.122. The van der Waals surface area contributed by atoms with Crippen molar-refractivity contribution in [3.63, 3.8) is 0 Å². The smallest absolute Gasteiger partial charge is 0.142 e. The maximum absolute atomic E-state index is 10.7. The SMILES string of the molecule is CCCC(C)(Nc1ccc2c(c1O)CCCC2)c1cccs1. The Balaban J connectivity index is 1.94. The molecule has 1 aromatic heterocycles. The summed E-state index contributed by atoms with van der Waals surface area (Å²) in [6.07, 6.45) is 6.67. The van der Waals surface area contributed by atoms with Gasteiger partial charge < -0.3 is 10.4 Å². The molecule has 22 heavy (non-hydrogen) atoms. The first-order valence-electron chi connectivity index (χ1n) is 8.30. The number of rotatable bonds is 5. The summed E-state index contributed by atoms with van der Waals surface area (Å²) in [6, 6.07) is 8.53. The third-order valence-corrected chi connectivity index (χ3v) is 5.86. The van der Waals surface area contributed by atoms with Crippen molar-refractivity contribution >= 4 is 17.0 Å². The predicted molar refractivity (Wildman–Crippen MR) is 95.0 cm³/mol. The molecule has 118 valence electrons. The quantitative estimate of drug-likeness (QED) is 0.718. The largest absolute Gasteiger partial charge is 0.505 e. The number of phenols is 1. The summed E-state index contributed by atoms with van der Waals surface area (Å²) >= 11 is 1.78. The van der Waals surface area contributed by atoms with Crippen LogP contribution in [0.3, 0.4) is 0 Å². The van der Waals surface area contributed by atoms with Gasteiger partial charge in [-0.25, -0.2) is 0 Å². The van der Waals surface area contributed by atoms with E-state index in [1.165, 1.54) is 23.3 Å². The zero-order valence-corrected chi connectivity index (χ0v) is 14.3. The first-order chi connectivity index (χ1) is 10.6. The molecule has 2 nitrogen and oxygen atoms in total. The van der Waals surface area contributed by atoms with Gasteiger partial charge in [0.1, 0.15) is 5.75 Å². The summed E-state index contributed by atoms with van der Waals surface area (Å²) in [5.41, 5.74) is 3.23. The number of anilines is 1. The first-order valence-corrected chi connectivity index (χ1v) is 9.18. The highest BCUT2D eigenvalue weighted by Crippen LogP contribution is 2.40. The number of benzene rings is 1. The topological polar surface area (TPSA) is 32.3 Å². The van der Waals surface area contributed by atoms with Gasteiger partial charge in [0.25, 0.3) is 0 Å². The van der Waals surface area contributed by atoms with Crippen molar-refractivity contribution in [2.75, 3.05) is 5.32 Å². The third kappa shape index (κ3) is 2.87. The molecule has 1 aliphatic rings. The molecule has 0 bridgehead atoms. The highest BCUT2D eigenvalue weighted by Gasteiger charge is 2.28. The molecule has 0 aliphatic heterocycles. The Morgan fingerprint density at radius 1 is 1.23 bits per heavy atom. The second-order valence-electron chi connectivity index (χ2n) is 6.49. The zero-order chi connectivity index (χ0) is 15.6. The van der Waals surface area contributed by atoms with E-state index in [0.717, 1.165) is 36.9 Å². The van der Waals surface area contributed by atoms with Crippen molar-refractivity contribution in [3.8, 4) is 5.75 Å². The third-order valence-electron chi connectivity index (χ3n) is 4.73. The lowest BCUT2D eigenvalue weighted by Gasteiger charge is -2.32. The molecule has 2 N–H and O–H groups in total. The molecule has 1 aliphatic carbocycles. The number of phenolic OH excluding ortho intramolecular Hbond substituents is 1. The fourth-order valence-corrected chi connectivity index (χ4v) is 4.42. The summed E-state index contributed by atoms with van der Waals surface area (Å²) in [4.78, 5) is 1.33. The van der Waals surface area contributed by atoms with Crippen molar-refractivity contribution in [2.45, 2.75) is 57.9 Å². The monoisotopic (exact) mass is 315 g/mol. The molecule has 0 saturated carbocycles. The van der Waals surface area contributed by atoms with Gasteiger partial charge in [-0.1, -0.05) is 25.5 Å². The van der Waals surface area contributed by atoms with Crippen LogP contribution in [0.25, 0.3) is 0 Å². The molecule has 0 fully saturated rings. The van der Waals surface area contributed by atoms with E-state index in [0.29, 0.717) is 5.75 Å². The van der Waals surface area contributed by atoms with Crippen molar-refractivity contribution < 1.29 is 5.11 Å². The zero-order valence-electron chi connectivity index (χ0n) is 13.5. The molecule has 1 aromatic carbocycles. The van der Waals surface area contributed by atoms with Crippen molar-refractivity contribution in [3.05, 3.63) is 45.6 Å². The van der Waals surface area contributed by atoms with Gasteiger partial charge in [-0.05, 0) is 67.7 Å². The lowest BCUT2D eigenvalue weighted by atomic mass is 9.89. The van der Waals surface area contributed by atoms with Gasteiger partial charge in [-0.2, -0.15) is 0 Å². The van der Waals surface area contributed by atoms with Gasteiger partial charge in [0.05, 0.1) is 11.2 Å². The van der Waals surface area contributed by atoms with Crippen LogP contribution < -0.4 is 5.32 Å². The van der Waals surface area contributed by atoms with Gasteiger partial charge in [-0.3, -0.25) is 0 Å². The molecule has 0 radical (unpaired) electrons. The van der Waals surface area contributed by atoms with Crippen molar-refractivity contribution in [2.24, 2.45) is 0 Å². The molecule has 0 amide bonds. The van der Waals surface area contributed by atoms with E-state index in [9.17, 15) is 5.11 Å². The fourth-order valence-electron chi connectivity index (χ4n) is 3.55. The van der Waals surface area contributed by atoms with Gasteiger partial charge in [0, 0.05) is 4.88 Å². The van der Waals surface area contributed by atoms with Crippen LogP contribution in [-0.2, 0) is 18.4 Å². The molecular weight excluding hydrogens is 290 g/mol. The Morgan fingerprint density at radius 2 is 2.05 bits per heavy atom. The number of aromatic hydroxyl groups is 1. The number of nitrogens with one attached hydrogen (secondary N) is 1. The van der Waals surface area contributed by atoms with Crippen LogP contribution in [0.5, 0.6) is 5.75 Å². The summed E-state index contributed by atoms with van der Waals surface area (Å²) in [7, 11) is 0. The molecule has 0 spiro atoms. The Hall–Kier alpha value is -1.48. The van der Waals surface area contributed by atoms with E-state index < -0.39 is 0 Å². The summed E-state index contributed by atoms with van der Waals surface area (Å²) < 4.78 is 0. The van der Waals surface area contributed by atoms with Crippen molar-refractivity contribution in [1.29, 1.82) is 0 Å². The maximum Gasteiger partial charge on any atom is 0.142 e. The van der Waals surface area contributed by atoms with Crippen LogP contribution in [0, 0.1) is 0 Å². The highest BCUT2D eigenvalue weighted by molar-refractivity contribution is 7.10. The second-order valence-corrected chi connectivity index (χ2v) is 7.44. The van der Waals surface area contributed by atoms with Crippen LogP contribution in [0.4, 0.5) is 5.69 Å². The Morgan fingerprint density at radius 3 is 2.77 bits per heavy atom. The van der Waals surface area contributed by atoms with E-state index >= 15 is 0 Å². The normalized spacial score (nSPS) is 16.8. The Kier molecular flexibility index (Phi) is 4.44. The number of thiophene rings is 1. The van der Waals surface area contributed by atoms with E-state index in [1.807, 2.05) is 0 Å². The summed E-state index contributed by atoms with van der Waals surface area (Å²) in [5.74, 6) is 0.469. The lowest BCUT2D eigenvalue weighted by molar-refractivity contribution is 0.453. The van der Waals surface area contributed by atoms with Crippen LogP contribution in [-0.4, -0.2) is 5.11 Å². The second kappa shape index (κ2) is 6.33. The molecule has 3 heteroatoms. The first kappa shape index (κ1) is 15.4. The minimum atomic E-state index is -0.122. The summed E-state index contributed by atoms with van der Waals surface area (Å²) in [5, 5.41) is 16.5. The van der Waals surface area contributed by atoms with Crippen LogP contribution >= 0.6 is 11.3 Å². The fraction of sp³-hybridized carbons (Fsp3) is 0.474. The molecule has 1 atom stereocenters. The standard InChI is InChI=1S/C19H25NOS/c1-3-12-19(2,17-9-6-13-22-17)20-16-11-10-14-7-4-5-8-15(14)18(16)21/h6,9-11,13,20-21H,3-5,7-8,12H2,1-2H3.